The fraction of sp³-hybridized carbons (Fsp3) is 0.438. The Bertz CT molecular complexity index is 589. The van der Waals surface area contributed by atoms with Gasteiger partial charge >= 0.3 is 0 Å². The van der Waals surface area contributed by atoms with E-state index in [1.54, 1.807) is 13.4 Å². The van der Waals surface area contributed by atoms with Crippen molar-refractivity contribution in [2.75, 3.05) is 26.0 Å². The van der Waals surface area contributed by atoms with E-state index in [1.807, 2.05) is 22.8 Å². The quantitative estimate of drug-likeness (QED) is 0.530. The SMILES string of the molecule is COCCCn1cnnc1SCC(=O)NCCc1ccccc1. The molecule has 0 atom stereocenters. The van der Waals surface area contributed by atoms with Crippen molar-refractivity contribution in [2.45, 2.75) is 24.5 Å². The molecule has 0 aliphatic carbocycles. The Labute approximate surface area is 140 Å². The molecule has 23 heavy (non-hydrogen) atoms. The molecular weight excluding hydrogens is 312 g/mol. The number of aryl methyl sites for hydroxylation is 1. The van der Waals surface area contributed by atoms with Gasteiger partial charge in [0.2, 0.25) is 5.91 Å². The van der Waals surface area contributed by atoms with Crippen molar-refractivity contribution in [3.63, 3.8) is 0 Å². The third-order valence-electron chi connectivity index (χ3n) is 3.24. The van der Waals surface area contributed by atoms with E-state index < -0.39 is 0 Å². The fourth-order valence-electron chi connectivity index (χ4n) is 2.06. The molecule has 0 bridgehead atoms. The van der Waals surface area contributed by atoms with Gasteiger partial charge in [-0.1, -0.05) is 42.1 Å². The predicted octanol–water partition coefficient (Wildman–Crippen LogP) is 1.77. The lowest BCUT2D eigenvalue weighted by Gasteiger charge is -2.07. The molecule has 0 radical (unpaired) electrons. The number of hydrogen-bond donors (Lipinski definition) is 1. The summed E-state index contributed by atoms with van der Waals surface area (Å²) in [6.45, 7) is 2.13. The van der Waals surface area contributed by atoms with Crippen LogP contribution >= 0.6 is 11.8 Å². The summed E-state index contributed by atoms with van der Waals surface area (Å²) >= 11 is 1.40. The van der Waals surface area contributed by atoms with Crippen LogP contribution in [0.1, 0.15) is 12.0 Å². The smallest absolute Gasteiger partial charge is 0.230 e. The number of methoxy groups -OCH3 is 1. The van der Waals surface area contributed by atoms with E-state index in [-0.39, 0.29) is 5.91 Å². The van der Waals surface area contributed by atoms with Crippen LogP contribution in [0.5, 0.6) is 0 Å². The number of benzene rings is 1. The molecule has 7 heteroatoms. The minimum atomic E-state index is 0.0115. The Hall–Kier alpha value is -1.86. The van der Waals surface area contributed by atoms with Gasteiger partial charge in [0, 0.05) is 26.8 Å². The zero-order valence-electron chi connectivity index (χ0n) is 13.3. The number of hydrogen-bond acceptors (Lipinski definition) is 5. The molecule has 0 aliphatic heterocycles. The number of thioether (sulfide) groups is 1. The van der Waals surface area contributed by atoms with Gasteiger partial charge in [-0.25, -0.2) is 0 Å². The third kappa shape index (κ3) is 6.42. The summed E-state index contributed by atoms with van der Waals surface area (Å²) in [4.78, 5) is 11.9. The highest BCUT2D eigenvalue weighted by atomic mass is 32.2. The monoisotopic (exact) mass is 334 g/mol. The van der Waals surface area contributed by atoms with Gasteiger partial charge in [-0.3, -0.25) is 4.79 Å². The molecule has 1 amide bonds. The van der Waals surface area contributed by atoms with Crippen molar-refractivity contribution in [1.82, 2.24) is 20.1 Å². The van der Waals surface area contributed by atoms with Crippen LogP contribution in [0.15, 0.2) is 41.8 Å². The zero-order valence-corrected chi connectivity index (χ0v) is 14.1. The number of amides is 1. The van der Waals surface area contributed by atoms with Crippen LogP contribution in [-0.2, 0) is 22.5 Å². The Morgan fingerprint density at radius 3 is 2.96 bits per heavy atom. The summed E-state index contributed by atoms with van der Waals surface area (Å²) in [5, 5.41) is 11.6. The first-order valence-corrected chi connectivity index (χ1v) is 8.58. The highest BCUT2D eigenvalue weighted by molar-refractivity contribution is 7.99. The second-order valence-corrected chi connectivity index (χ2v) is 5.97. The lowest BCUT2D eigenvalue weighted by Crippen LogP contribution is -2.27. The van der Waals surface area contributed by atoms with Crippen molar-refractivity contribution in [3.8, 4) is 0 Å². The van der Waals surface area contributed by atoms with Crippen molar-refractivity contribution in [3.05, 3.63) is 42.2 Å². The van der Waals surface area contributed by atoms with Gasteiger partial charge in [0.1, 0.15) is 6.33 Å². The third-order valence-corrected chi connectivity index (χ3v) is 4.22. The molecule has 124 valence electrons. The molecule has 0 saturated carbocycles. The van der Waals surface area contributed by atoms with E-state index in [0.717, 1.165) is 24.5 Å². The van der Waals surface area contributed by atoms with E-state index in [1.165, 1.54) is 17.3 Å². The Balaban J connectivity index is 1.67. The molecular formula is C16H22N4O2S. The molecule has 0 saturated heterocycles. The standard InChI is InChI=1S/C16H22N4O2S/c1-22-11-5-10-20-13-18-19-16(20)23-12-15(21)17-9-8-14-6-3-2-4-7-14/h2-4,6-7,13H,5,8-12H2,1H3,(H,17,21). The number of nitrogens with zero attached hydrogens (tertiary/aromatic N) is 3. The maximum atomic E-state index is 11.9. The van der Waals surface area contributed by atoms with Crippen LogP contribution in [0.4, 0.5) is 0 Å². The highest BCUT2D eigenvalue weighted by Crippen LogP contribution is 2.14. The zero-order chi connectivity index (χ0) is 16.3. The van der Waals surface area contributed by atoms with Crippen LogP contribution in [0, 0.1) is 0 Å². The van der Waals surface area contributed by atoms with Gasteiger partial charge < -0.3 is 14.6 Å². The van der Waals surface area contributed by atoms with Gasteiger partial charge in [0.05, 0.1) is 5.75 Å². The molecule has 0 fully saturated rings. The summed E-state index contributed by atoms with van der Waals surface area (Å²) in [5.41, 5.74) is 1.22. The summed E-state index contributed by atoms with van der Waals surface area (Å²) in [7, 11) is 1.68. The van der Waals surface area contributed by atoms with Crippen LogP contribution in [0.3, 0.4) is 0 Å². The van der Waals surface area contributed by atoms with E-state index in [2.05, 4.69) is 27.6 Å². The van der Waals surface area contributed by atoms with E-state index >= 15 is 0 Å². The van der Waals surface area contributed by atoms with Gasteiger partial charge in [-0.2, -0.15) is 0 Å². The maximum absolute atomic E-state index is 11.9. The number of ether oxygens (including phenoxy) is 1. The number of rotatable bonds is 10. The predicted molar refractivity (Wildman–Crippen MR) is 90.4 cm³/mol. The molecule has 1 aromatic carbocycles. The Morgan fingerprint density at radius 1 is 1.35 bits per heavy atom. The minimum absolute atomic E-state index is 0.0115. The molecule has 0 unspecified atom stereocenters. The maximum Gasteiger partial charge on any atom is 0.230 e. The minimum Gasteiger partial charge on any atom is -0.385 e. The summed E-state index contributed by atoms with van der Waals surface area (Å²) in [6, 6.07) is 10.1. The second kappa shape index (κ2) is 10.0. The van der Waals surface area contributed by atoms with Gasteiger partial charge in [-0.15, -0.1) is 10.2 Å². The molecule has 6 nitrogen and oxygen atoms in total. The number of carbonyl (C=O) groups excluding carboxylic acids is 1. The molecule has 1 heterocycles. The lowest BCUT2D eigenvalue weighted by molar-refractivity contribution is -0.118. The van der Waals surface area contributed by atoms with E-state index in [9.17, 15) is 4.79 Å². The van der Waals surface area contributed by atoms with E-state index in [0.29, 0.717) is 18.9 Å². The van der Waals surface area contributed by atoms with Crippen molar-refractivity contribution < 1.29 is 9.53 Å². The van der Waals surface area contributed by atoms with Gasteiger partial charge in [0.15, 0.2) is 5.16 Å². The Kier molecular flexibility index (Phi) is 7.62. The largest absolute Gasteiger partial charge is 0.385 e. The summed E-state index contributed by atoms with van der Waals surface area (Å²) in [6.07, 6.45) is 3.42. The van der Waals surface area contributed by atoms with Crippen LogP contribution < -0.4 is 5.32 Å². The average Bonchev–Trinajstić information content (AvgIpc) is 3.02. The van der Waals surface area contributed by atoms with Crippen LogP contribution in [-0.4, -0.2) is 46.7 Å². The molecule has 0 aliphatic rings. The number of carbonyl (C=O) groups is 1. The van der Waals surface area contributed by atoms with Gasteiger partial charge in [-0.05, 0) is 18.4 Å². The molecule has 1 N–H and O–H groups in total. The number of nitrogens with one attached hydrogen (secondary N) is 1. The molecule has 2 rings (SSSR count). The highest BCUT2D eigenvalue weighted by Gasteiger charge is 2.08. The topological polar surface area (TPSA) is 69.0 Å². The van der Waals surface area contributed by atoms with Crippen LogP contribution in [0.2, 0.25) is 0 Å². The molecule has 2 aromatic rings. The van der Waals surface area contributed by atoms with Crippen molar-refractivity contribution >= 4 is 17.7 Å². The molecule has 1 aromatic heterocycles. The van der Waals surface area contributed by atoms with Crippen LogP contribution in [0.25, 0.3) is 0 Å². The Morgan fingerprint density at radius 2 is 2.17 bits per heavy atom. The first kappa shape index (κ1) is 17.5. The normalized spacial score (nSPS) is 10.7. The second-order valence-electron chi connectivity index (χ2n) is 5.03. The average molecular weight is 334 g/mol. The molecule has 0 spiro atoms. The fourth-order valence-corrected chi connectivity index (χ4v) is 2.83. The van der Waals surface area contributed by atoms with Gasteiger partial charge in [0.25, 0.3) is 0 Å². The number of aromatic nitrogens is 3. The summed E-state index contributed by atoms with van der Waals surface area (Å²) < 4.78 is 6.98. The van der Waals surface area contributed by atoms with Crippen molar-refractivity contribution in [2.24, 2.45) is 0 Å². The van der Waals surface area contributed by atoms with E-state index in [4.69, 9.17) is 4.74 Å². The summed E-state index contributed by atoms with van der Waals surface area (Å²) in [5.74, 6) is 0.356. The first-order valence-electron chi connectivity index (χ1n) is 7.60. The lowest BCUT2D eigenvalue weighted by atomic mass is 10.1. The van der Waals surface area contributed by atoms with Crippen molar-refractivity contribution in [1.29, 1.82) is 0 Å². The first-order chi connectivity index (χ1) is 11.3.